The topological polar surface area (TPSA) is 89.4 Å². The van der Waals surface area contributed by atoms with Crippen LogP contribution in [0.3, 0.4) is 0 Å². The fourth-order valence-corrected chi connectivity index (χ4v) is 2.37. The SMILES string of the molecule is CS(=O)(=O)O.c1cnc2ccc(Oc3ccc4ncccc4c3)cc2c1. The van der Waals surface area contributed by atoms with Crippen molar-refractivity contribution in [1.82, 2.24) is 9.97 Å². The molecule has 26 heavy (non-hydrogen) atoms. The Morgan fingerprint density at radius 1 is 0.808 bits per heavy atom. The Morgan fingerprint density at radius 2 is 1.23 bits per heavy atom. The molecule has 132 valence electrons. The van der Waals surface area contributed by atoms with E-state index in [9.17, 15) is 8.42 Å². The molecule has 2 aromatic heterocycles. The Kier molecular flexibility index (Phi) is 5.11. The molecule has 0 saturated heterocycles. The minimum absolute atomic E-state index is 0.715. The molecule has 2 heterocycles. The molecule has 0 unspecified atom stereocenters. The van der Waals surface area contributed by atoms with Crippen molar-refractivity contribution >= 4 is 31.9 Å². The average Bonchev–Trinajstić information content (AvgIpc) is 2.60. The summed E-state index contributed by atoms with van der Waals surface area (Å²) in [5.74, 6) is 1.61. The van der Waals surface area contributed by atoms with Crippen LogP contribution in [0.1, 0.15) is 0 Å². The van der Waals surface area contributed by atoms with Gasteiger partial charge in [0.25, 0.3) is 10.1 Å². The zero-order chi connectivity index (χ0) is 18.6. The maximum Gasteiger partial charge on any atom is 0.261 e. The molecule has 0 spiro atoms. The van der Waals surface area contributed by atoms with Crippen LogP contribution in [0.5, 0.6) is 11.5 Å². The number of hydrogen-bond acceptors (Lipinski definition) is 5. The Labute approximate surface area is 150 Å². The molecule has 0 saturated carbocycles. The largest absolute Gasteiger partial charge is 0.457 e. The second-order valence-electron chi connectivity index (χ2n) is 5.55. The molecule has 0 atom stereocenters. The van der Waals surface area contributed by atoms with E-state index < -0.39 is 10.1 Å². The maximum atomic E-state index is 9.19. The second kappa shape index (κ2) is 7.47. The molecule has 1 N–H and O–H groups in total. The molecule has 6 nitrogen and oxygen atoms in total. The van der Waals surface area contributed by atoms with Crippen LogP contribution in [0.2, 0.25) is 0 Å². The van der Waals surface area contributed by atoms with E-state index in [1.807, 2.05) is 60.7 Å². The lowest BCUT2D eigenvalue weighted by molar-refractivity contribution is 0.484. The summed E-state index contributed by atoms with van der Waals surface area (Å²) in [6.45, 7) is 0. The first kappa shape index (κ1) is 17.8. The zero-order valence-electron chi connectivity index (χ0n) is 13.9. The molecule has 2 aromatic carbocycles. The van der Waals surface area contributed by atoms with E-state index in [2.05, 4.69) is 9.97 Å². The highest BCUT2D eigenvalue weighted by atomic mass is 32.2. The van der Waals surface area contributed by atoms with E-state index in [0.717, 1.165) is 33.3 Å². The minimum atomic E-state index is -3.67. The zero-order valence-corrected chi connectivity index (χ0v) is 14.7. The Hall–Kier alpha value is -3.03. The lowest BCUT2D eigenvalue weighted by Gasteiger charge is -2.07. The second-order valence-corrected chi connectivity index (χ2v) is 7.02. The summed E-state index contributed by atoms with van der Waals surface area (Å²) in [5, 5.41) is 2.13. The molecule has 7 heteroatoms. The minimum Gasteiger partial charge on any atom is -0.457 e. The molecule has 4 aromatic rings. The Balaban J connectivity index is 0.000000349. The van der Waals surface area contributed by atoms with E-state index >= 15 is 0 Å². The van der Waals surface area contributed by atoms with E-state index in [4.69, 9.17) is 9.29 Å². The van der Waals surface area contributed by atoms with Crippen molar-refractivity contribution in [1.29, 1.82) is 0 Å². The van der Waals surface area contributed by atoms with Crippen LogP contribution in [0, 0.1) is 0 Å². The normalized spacial score (nSPS) is 11.0. The summed E-state index contributed by atoms with van der Waals surface area (Å²) < 4.78 is 31.8. The number of hydrogen-bond donors (Lipinski definition) is 1. The molecular formula is C19H16N2O4S. The number of fused-ring (bicyclic) bond motifs is 2. The summed E-state index contributed by atoms with van der Waals surface area (Å²) in [4.78, 5) is 8.61. The average molecular weight is 368 g/mol. The van der Waals surface area contributed by atoms with Gasteiger partial charge in [-0.15, -0.1) is 0 Å². The van der Waals surface area contributed by atoms with E-state index in [1.165, 1.54) is 0 Å². The number of rotatable bonds is 2. The quantitative estimate of drug-likeness (QED) is 0.536. The fourth-order valence-electron chi connectivity index (χ4n) is 2.37. The number of ether oxygens (including phenoxy) is 1. The maximum absolute atomic E-state index is 9.19. The lowest BCUT2D eigenvalue weighted by Crippen LogP contribution is -1.88. The van der Waals surface area contributed by atoms with Crippen LogP contribution in [0.15, 0.2) is 73.1 Å². The van der Waals surface area contributed by atoms with E-state index in [-0.39, 0.29) is 0 Å². The van der Waals surface area contributed by atoms with Crippen LogP contribution in [0.25, 0.3) is 21.8 Å². The van der Waals surface area contributed by atoms with Gasteiger partial charge in [-0.3, -0.25) is 14.5 Å². The number of nitrogens with zero attached hydrogens (tertiary/aromatic N) is 2. The molecular weight excluding hydrogens is 352 g/mol. The van der Waals surface area contributed by atoms with Gasteiger partial charge in [0.15, 0.2) is 0 Å². The van der Waals surface area contributed by atoms with Crippen molar-refractivity contribution in [3.05, 3.63) is 73.1 Å². The van der Waals surface area contributed by atoms with Crippen LogP contribution in [-0.2, 0) is 10.1 Å². The molecule has 4 rings (SSSR count). The molecule has 0 fully saturated rings. The number of benzene rings is 2. The van der Waals surface area contributed by atoms with Gasteiger partial charge in [0.1, 0.15) is 11.5 Å². The smallest absolute Gasteiger partial charge is 0.261 e. The summed E-state index contributed by atoms with van der Waals surface area (Å²) >= 11 is 0. The van der Waals surface area contributed by atoms with Gasteiger partial charge in [-0.05, 0) is 48.5 Å². The van der Waals surface area contributed by atoms with Crippen molar-refractivity contribution in [2.45, 2.75) is 0 Å². The molecule has 0 aliphatic rings. The summed E-state index contributed by atoms with van der Waals surface area (Å²) in [6, 6.07) is 19.7. The molecule has 0 aliphatic carbocycles. The highest BCUT2D eigenvalue weighted by Gasteiger charge is 2.01. The van der Waals surface area contributed by atoms with Crippen molar-refractivity contribution < 1.29 is 17.7 Å². The van der Waals surface area contributed by atoms with Gasteiger partial charge in [0.05, 0.1) is 17.3 Å². The molecule has 0 bridgehead atoms. The standard InChI is InChI=1S/C18H12N2O.CH4O3S/c1-3-13-11-15(5-7-17(13)19-9-1)21-16-6-8-18-14(12-16)4-2-10-20-18;1-5(2,3)4/h1-12H;1H3,(H,2,3,4). The fraction of sp³-hybridized carbons (Fsp3) is 0.0526. The van der Waals surface area contributed by atoms with Crippen LogP contribution in [0.4, 0.5) is 0 Å². The van der Waals surface area contributed by atoms with Gasteiger partial charge in [0, 0.05) is 23.2 Å². The predicted octanol–water partition coefficient (Wildman–Crippen LogP) is 4.08. The van der Waals surface area contributed by atoms with Crippen molar-refractivity contribution in [2.24, 2.45) is 0 Å². The first-order chi connectivity index (χ1) is 12.4. The highest BCUT2D eigenvalue weighted by molar-refractivity contribution is 7.85. The van der Waals surface area contributed by atoms with Crippen molar-refractivity contribution in [2.75, 3.05) is 6.26 Å². The number of pyridine rings is 2. The van der Waals surface area contributed by atoms with Gasteiger partial charge >= 0.3 is 0 Å². The van der Waals surface area contributed by atoms with Gasteiger partial charge in [-0.2, -0.15) is 8.42 Å². The van der Waals surface area contributed by atoms with Gasteiger partial charge < -0.3 is 4.74 Å². The Bertz CT molecular complexity index is 1070. The summed E-state index contributed by atoms with van der Waals surface area (Å²) in [7, 11) is -3.67. The summed E-state index contributed by atoms with van der Waals surface area (Å²) in [5.41, 5.74) is 1.93. The first-order valence-corrected chi connectivity index (χ1v) is 9.53. The van der Waals surface area contributed by atoms with Crippen LogP contribution < -0.4 is 4.74 Å². The molecule has 0 amide bonds. The highest BCUT2D eigenvalue weighted by Crippen LogP contribution is 2.27. The van der Waals surface area contributed by atoms with Gasteiger partial charge in [-0.25, -0.2) is 0 Å². The summed E-state index contributed by atoms with van der Waals surface area (Å²) in [6.07, 6.45) is 4.30. The monoisotopic (exact) mass is 368 g/mol. The lowest BCUT2D eigenvalue weighted by atomic mass is 10.2. The van der Waals surface area contributed by atoms with E-state index in [0.29, 0.717) is 6.26 Å². The van der Waals surface area contributed by atoms with Gasteiger partial charge in [-0.1, -0.05) is 12.1 Å². The first-order valence-electron chi connectivity index (χ1n) is 7.68. The van der Waals surface area contributed by atoms with Crippen LogP contribution in [-0.4, -0.2) is 29.2 Å². The number of aromatic nitrogens is 2. The third kappa shape index (κ3) is 4.98. The van der Waals surface area contributed by atoms with E-state index in [1.54, 1.807) is 12.4 Å². The molecule has 0 aliphatic heterocycles. The Morgan fingerprint density at radius 3 is 1.65 bits per heavy atom. The third-order valence-corrected chi connectivity index (χ3v) is 3.38. The third-order valence-electron chi connectivity index (χ3n) is 3.38. The van der Waals surface area contributed by atoms with Crippen molar-refractivity contribution in [3.63, 3.8) is 0 Å². The molecule has 0 radical (unpaired) electrons. The van der Waals surface area contributed by atoms with Crippen LogP contribution >= 0.6 is 0 Å². The van der Waals surface area contributed by atoms with Gasteiger partial charge in [0.2, 0.25) is 0 Å². The van der Waals surface area contributed by atoms with Crippen molar-refractivity contribution in [3.8, 4) is 11.5 Å². The predicted molar refractivity (Wildman–Crippen MR) is 101 cm³/mol.